The number of hydrogen-bond donors (Lipinski definition) is 3. The van der Waals surface area contributed by atoms with Crippen LogP contribution in [0.1, 0.15) is 23.2 Å². The van der Waals surface area contributed by atoms with Crippen molar-refractivity contribution < 1.29 is 14.3 Å². The van der Waals surface area contributed by atoms with Crippen molar-refractivity contribution in [3.8, 4) is 0 Å². The van der Waals surface area contributed by atoms with Gasteiger partial charge in [0.15, 0.2) is 0 Å². The van der Waals surface area contributed by atoms with Crippen molar-refractivity contribution >= 4 is 35.8 Å². The molecule has 0 saturated carbocycles. The number of hydrogen-bond acceptors (Lipinski definition) is 4. The maximum absolute atomic E-state index is 12.0. The van der Waals surface area contributed by atoms with E-state index in [4.69, 9.17) is 22.1 Å². The smallest absolute Gasteiger partial charge is 0.252 e. The molecule has 1 saturated heterocycles. The number of halogens is 2. The van der Waals surface area contributed by atoms with Gasteiger partial charge in [0.2, 0.25) is 5.91 Å². The van der Waals surface area contributed by atoms with Gasteiger partial charge in [0.1, 0.15) is 0 Å². The fraction of sp³-hybridized carbons (Fsp3) is 0.500. The molecule has 2 amide bonds. The molecule has 1 aromatic rings. The predicted octanol–water partition coefficient (Wildman–Crippen LogP) is 1.36. The standard InChI is InChI=1S/C16H22ClN3O3.ClH/c17-13-4-2-1-3-12(13)15(21)19-7-8-20-16(22)14(18)11-5-9-23-10-6-11;/h1-4,11,14H,5-10,18H2,(H,19,21)(H,20,22);1H. The quantitative estimate of drug-likeness (QED) is 0.654. The minimum atomic E-state index is -0.529. The molecule has 1 atom stereocenters. The lowest BCUT2D eigenvalue weighted by Gasteiger charge is -2.26. The van der Waals surface area contributed by atoms with E-state index in [1.807, 2.05) is 0 Å². The number of ether oxygens (including phenoxy) is 1. The summed E-state index contributed by atoms with van der Waals surface area (Å²) in [6.45, 7) is 1.95. The van der Waals surface area contributed by atoms with Gasteiger partial charge in [-0.05, 0) is 30.9 Å². The third-order valence-electron chi connectivity index (χ3n) is 3.90. The van der Waals surface area contributed by atoms with Gasteiger partial charge in [-0.15, -0.1) is 12.4 Å². The van der Waals surface area contributed by atoms with E-state index in [1.54, 1.807) is 24.3 Å². The Morgan fingerprint density at radius 3 is 2.50 bits per heavy atom. The van der Waals surface area contributed by atoms with E-state index < -0.39 is 6.04 Å². The molecule has 2 rings (SSSR count). The minimum absolute atomic E-state index is 0. The van der Waals surface area contributed by atoms with Crippen molar-refractivity contribution in [1.82, 2.24) is 10.6 Å². The van der Waals surface area contributed by atoms with E-state index in [2.05, 4.69) is 10.6 Å². The molecule has 0 spiro atoms. The molecule has 4 N–H and O–H groups in total. The van der Waals surface area contributed by atoms with E-state index in [1.165, 1.54) is 0 Å². The molecular weight excluding hydrogens is 353 g/mol. The number of nitrogens with one attached hydrogen (secondary N) is 2. The molecule has 1 aromatic carbocycles. The maximum atomic E-state index is 12.0. The summed E-state index contributed by atoms with van der Waals surface area (Å²) >= 11 is 5.95. The second-order valence-corrected chi connectivity index (χ2v) is 5.91. The van der Waals surface area contributed by atoms with E-state index in [0.717, 1.165) is 12.8 Å². The van der Waals surface area contributed by atoms with Crippen LogP contribution in [-0.4, -0.2) is 44.2 Å². The summed E-state index contributed by atoms with van der Waals surface area (Å²) in [5.74, 6) is -0.302. The van der Waals surface area contributed by atoms with Crippen molar-refractivity contribution in [3.63, 3.8) is 0 Å². The fourth-order valence-corrected chi connectivity index (χ4v) is 2.73. The summed E-state index contributed by atoms with van der Waals surface area (Å²) in [7, 11) is 0. The Bertz CT molecular complexity index is 551. The molecule has 8 heteroatoms. The van der Waals surface area contributed by atoms with Crippen LogP contribution in [0.2, 0.25) is 5.02 Å². The van der Waals surface area contributed by atoms with E-state index in [0.29, 0.717) is 36.9 Å². The van der Waals surface area contributed by atoms with Gasteiger partial charge in [0.25, 0.3) is 5.91 Å². The highest BCUT2D eigenvalue weighted by Gasteiger charge is 2.26. The number of carbonyl (C=O) groups excluding carboxylic acids is 2. The summed E-state index contributed by atoms with van der Waals surface area (Å²) in [6.07, 6.45) is 1.61. The molecule has 1 unspecified atom stereocenters. The number of amides is 2. The van der Waals surface area contributed by atoms with E-state index in [-0.39, 0.29) is 30.1 Å². The molecule has 1 fully saturated rings. The van der Waals surface area contributed by atoms with Crippen LogP contribution in [0.3, 0.4) is 0 Å². The van der Waals surface area contributed by atoms with Crippen LogP contribution in [0, 0.1) is 5.92 Å². The molecule has 0 radical (unpaired) electrons. The Hall–Kier alpha value is -1.34. The Balaban J connectivity index is 0.00000288. The second-order valence-electron chi connectivity index (χ2n) is 5.50. The van der Waals surface area contributed by atoms with Crippen LogP contribution >= 0.6 is 24.0 Å². The maximum Gasteiger partial charge on any atom is 0.252 e. The average Bonchev–Trinajstić information content (AvgIpc) is 2.58. The van der Waals surface area contributed by atoms with Crippen LogP contribution in [-0.2, 0) is 9.53 Å². The first-order valence-electron chi connectivity index (χ1n) is 7.73. The van der Waals surface area contributed by atoms with Crippen LogP contribution < -0.4 is 16.4 Å². The van der Waals surface area contributed by atoms with Gasteiger partial charge in [-0.2, -0.15) is 0 Å². The molecule has 0 aromatic heterocycles. The molecule has 134 valence electrons. The highest BCUT2D eigenvalue weighted by atomic mass is 35.5. The van der Waals surface area contributed by atoms with Crippen molar-refractivity contribution in [1.29, 1.82) is 0 Å². The normalized spacial score (nSPS) is 15.9. The van der Waals surface area contributed by atoms with Gasteiger partial charge >= 0.3 is 0 Å². The second kappa shape index (κ2) is 10.5. The van der Waals surface area contributed by atoms with Gasteiger partial charge in [0.05, 0.1) is 16.6 Å². The number of rotatable bonds is 6. The Morgan fingerprint density at radius 2 is 1.83 bits per heavy atom. The van der Waals surface area contributed by atoms with Crippen molar-refractivity contribution in [2.75, 3.05) is 26.3 Å². The molecule has 0 bridgehead atoms. The van der Waals surface area contributed by atoms with Crippen LogP contribution in [0.5, 0.6) is 0 Å². The monoisotopic (exact) mass is 375 g/mol. The summed E-state index contributed by atoms with van der Waals surface area (Å²) in [5.41, 5.74) is 6.39. The molecule has 1 aliphatic rings. The zero-order valence-corrected chi connectivity index (χ0v) is 14.9. The third kappa shape index (κ3) is 5.94. The van der Waals surface area contributed by atoms with Gasteiger partial charge < -0.3 is 21.1 Å². The molecule has 1 aliphatic heterocycles. The van der Waals surface area contributed by atoms with Gasteiger partial charge in [-0.1, -0.05) is 23.7 Å². The van der Waals surface area contributed by atoms with Crippen molar-refractivity contribution in [3.05, 3.63) is 34.9 Å². The first-order valence-corrected chi connectivity index (χ1v) is 8.11. The SMILES string of the molecule is Cl.NC(C(=O)NCCNC(=O)c1ccccc1Cl)C1CCOCC1. The van der Waals surface area contributed by atoms with Crippen molar-refractivity contribution in [2.24, 2.45) is 11.7 Å². The molecule has 1 heterocycles. The molecule has 24 heavy (non-hydrogen) atoms. The highest BCUT2D eigenvalue weighted by Crippen LogP contribution is 2.17. The topological polar surface area (TPSA) is 93.5 Å². The third-order valence-corrected chi connectivity index (χ3v) is 4.23. The number of benzene rings is 1. The Morgan fingerprint density at radius 1 is 1.21 bits per heavy atom. The lowest BCUT2D eigenvalue weighted by Crippen LogP contribution is -2.48. The van der Waals surface area contributed by atoms with Crippen LogP contribution in [0.25, 0.3) is 0 Å². The van der Waals surface area contributed by atoms with Crippen LogP contribution in [0.15, 0.2) is 24.3 Å². The fourth-order valence-electron chi connectivity index (χ4n) is 2.51. The molecule has 6 nitrogen and oxygen atoms in total. The predicted molar refractivity (Wildman–Crippen MR) is 95.6 cm³/mol. The van der Waals surface area contributed by atoms with E-state index in [9.17, 15) is 9.59 Å². The summed E-state index contributed by atoms with van der Waals surface area (Å²) < 4.78 is 5.26. The van der Waals surface area contributed by atoms with Crippen LogP contribution in [0.4, 0.5) is 0 Å². The number of nitrogens with two attached hydrogens (primary N) is 1. The summed E-state index contributed by atoms with van der Waals surface area (Å²) in [6, 6.07) is 6.28. The summed E-state index contributed by atoms with van der Waals surface area (Å²) in [5, 5.41) is 5.86. The van der Waals surface area contributed by atoms with Crippen molar-refractivity contribution in [2.45, 2.75) is 18.9 Å². The largest absolute Gasteiger partial charge is 0.381 e. The zero-order chi connectivity index (χ0) is 16.7. The number of carbonyl (C=O) groups is 2. The first-order chi connectivity index (χ1) is 11.1. The Labute approximate surface area is 152 Å². The zero-order valence-electron chi connectivity index (χ0n) is 13.3. The average molecular weight is 376 g/mol. The lowest BCUT2D eigenvalue weighted by molar-refractivity contribution is -0.124. The van der Waals surface area contributed by atoms with Gasteiger partial charge in [-0.25, -0.2) is 0 Å². The first kappa shape index (κ1) is 20.7. The molecular formula is C16H23Cl2N3O3. The Kier molecular flexibility index (Phi) is 9.07. The minimum Gasteiger partial charge on any atom is -0.381 e. The van der Waals surface area contributed by atoms with Gasteiger partial charge in [0, 0.05) is 26.3 Å². The van der Waals surface area contributed by atoms with E-state index >= 15 is 0 Å². The highest BCUT2D eigenvalue weighted by molar-refractivity contribution is 6.33. The summed E-state index contributed by atoms with van der Waals surface area (Å²) in [4.78, 5) is 23.9. The lowest BCUT2D eigenvalue weighted by atomic mass is 9.92. The van der Waals surface area contributed by atoms with Gasteiger partial charge in [-0.3, -0.25) is 9.59 Å². The molecule has 0 aliphatic carbocycles.